The molecule has 0 radical (unpaired) electrons. The number of hydrogen-bond acceptors (Lipinski definition) is 3. The molecular formula is C18H14FNO3. The topological polar surface area (TPSA) is 46.6 Å². The summed E-state index contributed by atoms with van der Waals surface area (Å²) in [6.45, 7) is 1.73. The van der Waals surface area contributed by atoms with Gasteiger partial charge < -0.3 is 4.74 Å². The summed E-state index contributed by atoms with van der Waals surface area (Å²) in [5.74, 6) is -0.370. The van der Waals surface area contributed by atoms with Crippen LogP contribution >= 0.6 is 0 Å². The number of carbonyl (C=O) groups excluding carboxylic acids is 2. The molecule has 0 bridgehead atoms. The van der Waals surface area contributed by atoms with Gasteiger partial charge in [-0.05, 0) is 42.8 Å². The van der Waals surface area contributed by atoms with E-state index in [4.69, 9.17) is 4.74 Å². The Balaban J connectivity index is 1.94. The van der Waals surface area contributed by atoms with E-state index in [1.54, 1.807) is 19.1 Å². The third-order valence-corrected chi connectivity index (χ3v) is 4.71. The van der Waals surface area contributed by atoms with E-state index >= 15 is 0 Å². The number of benzene rings is 2. The lowest BCUT2D eigenvalue weighted by atomic mass is 9.82. The van der Waals surface area contributed by atoms with Crippen molar-refractivity contribution in [3.63, 3.8) is 0 Å². The monoisotopic (exact) mass is 311 g/mol. The van der Waals surface area contributed by atoms with Gasteiger partial charge in [0.1, 0.15) is 17.1 Å². The summed E-state index contributed by atoms with van der Waals surface area (Å²) >= 11 is 0. The van der Waals surface area contributed by atoms with Crippen molar-refractivity contribution in [2.75, 3.05) is 12.0 Å². The van der Waals surface area contributed by atoms with Crippen molar-refractivity contribution >= 4 is 17.4 Å². The number of ketones is 1. The van der Waals surface area contributed by atoms with E-state index in [0.29, 0.717) is 23.4 Å². The molecule has 0 aliphatic carbocycles. The predicted octanol–water partition coefficient (Wildman–Crippen LogP) is 2.99. The van der Waals surface area contributed by atoms with Gasteiger partial charge in [0.25, 0.3) is 5.91 Å². The Hall–Kier alpha value is -2.69. The third-order valence-electron chi connectivity index (χ3n) is 4.71. The summed E-state index contributed by atoms with van der Waals surface area (Å²) in [4.78, 5) is 27.3. The van der Waals surface area contributed by atoms with Crippen LogP contribution in [0, 0.1) is 5.82 Å². The molecule has 2 aliphatic heterocycles. The fraction of sp³-hybridized carbons (Fsp3) is 0.222. The second-order valence-corrected chi connectivity index (χ2v) is 6.10. The second kappa shape index (κ2) is 4.41. The van der Waals surface area contributed by atoms with Gasteiger partial charge in [0.15, 0.2) is 5.78 Å². The first-order valence-electron chi connectivity index (χ1n) is 7.31. The SMILES string of the molecule is COc1ccc2c(c1)C(=O)N1c3ccc(F)cc3C(=O)C1(C)C2. The molecule has 0 saturated carbocycles. The lowest BCUT2D eigenvalue weighted by Crippen LogP contribution is -2.55. The van der Waals surface area contributed by atoms with Crippen LogP contribution in [-0.2, 0) is 6.42 Å². The van der Waals surface area contributed by atoms with Crippen molar-refractivity contribution in [3.05, 3.63) is 58.9 Å². The van der Waals surface area contributed by atoms with Crippen molar-refractivity contribution in [2.45, 2.75) is 18.9 Å². The van der Waals surface area contributed by atoms with Gasteiger partial charge in [-0.1, -0.05) is 6.07 Å². The highest BCUT2D eigenvalue weighted by molar-refractivity contribution is 6.25. The standard InChI is InChI=1S/C18H14FNO3/c1-18-9-10-3-5-12(23-2)8-13(10)17(22)20(18)15-6-4-11(19)7-14(15)16(18)21/h3-8H,9H2,1-2H3. The number of nitrogens with zero attached hydrogens (tertiary/aromatic N) is 1. The van der Waals surface area contributed by atoms with E-state index in [2.05, 4.69) is 0 Å². The molecule has 2 aliphatic rings. The lowest BCUT2D eigenvalue weighted by molar-refractivity contribution is 0.0842. The minimum absolute atomic E-state index is 0.221. The molecule has 2 aromatic carbocycles. The van der Waals surface area contributed by atoms with Gasteiger partial charge >= 0.3 is 0 Å². The fourth-order valence-corrected chi connectivity index (χ4v) is 3.56. The maximum absolute atomic E-state index is 13.5. The van der Waals surface area contributed by atoms with Gasteiger partial charge in [-0.25, -0.2) is 4.39 Å². The largest absolute Gasteiger partial charge is 0.497 e. The van der Waals surface area contributed by atoms with Gasteiger partial charge in [0.2, 0.25) is 0 Å². The molecule has 2 aromatic rings. The van der Waals surface area contributed by atoms with E-state index in [0.717, 1.165) is 5.56 Å². The summed E-state index contributed by atoms with van der Waals surface area (Å²) in [5.41, 5.74) is 1.05. The highest BCUT2D eigenvalue weighted by Crippen LogP contribution is 2.45. The molecule has 23 heavy (non-hydrogen) atoms. The Morgan fingerprint density at radius 3 is 2.65 bits per heavy atom. The van der Waals surface area contributed by atoms with Gasteiger partial charge in [0.05, 0.1) is 12.8 Å². The Morgan fingerprint density at radius 2 is 1.91 bits per heavy atom. The normalized spacial score (nSPS) is 21.8. The molecular weight excluding hydrogens is 297 g/mol. The second-order valence-electron chi connectivity index (χ2n) is 6.10. The Kier molecular flexibility index (Phi) is 2.67. The van der Waals surface area contributed by atoms with Gasteiger partial charge in [-0.15, -0.1) is 0 Å². The smallest absolute Gasteiger partial charge is 0.259 e. The molecule has 0 aromatic heterocycles. The Bertz CT molecular complexity index is 877. The Morgan fingerprint density at radius 1 is 1.13 bits per heavy atom. The zero-order chi connectivity index (χ0) is 16.4. The number of rotatable bonds is 1. The van der Waals surface area contributed by atoms with E-state index in [1.807, 2.05) is 6.07 Å². The molecule has 0 N–H and O–H groups in total. The molecule has 5 heteroatoms. The highest BCUT2D eigenvalue weighted by atomic mass is 19.1. The molecule has 116 valence electrons. The summed E-state index contributed by atoms with van der Waals surface area (Å²) in [6, 6.07) is 9.25. The molecule has 0 spiro atoms. The van der Waals surface area contributed by atoms with Crippen molar-refractivity contribution in [1.29, 1.82) is 0 Å². The number of halogens is 1. The summed E-state index contributed by atoms with van der Waals surface area (Å²) < 4.78 is 18.7. The number of amides is 1. The molecule has 0 fully saturated rings. The molecule has 0 saturated heterocycles. The average molecular weight is 311 g/mol. The first-order valence-corrected chi connectivity index (χ1v) is 7.31. The lowest BCUT2D eigenvalue weighted by Gasteiger charge is -2.39. The van der Waals surface area contributed by atoms with Crippen LogP contribution in [0.3, 0.4) is 0 Å². The van der Waals surface area contributed by atoms with Crippen molar-refractivity contribution in [2.24, 2.45) is 0 Å². The van der Waals surface area contributed by atoms with E-state index < -0.39 is 11.4 Å². The number of ether oxygens (including phenoxy) is 1. The number of methoxy groups -OCH3 is 1. The molecule has 1 unspecified atom stereocenters. The quantitative estimate of drug-likeness (QED) is 0.813. The van der Waals surface area contributed by atoms with E-state index in [1.165, 1.54) is 30.2 Å². The Labute approximate surface area is 132 Å². The summed E-state index contributed by atoms with van der Waals surface area (Å²) in [5, 5.41) is 0. The third kappa shape index (κ3) is 1.70. The first kappa shape index (κ1) is 13.9. The van der Waals surface area contributed by atoms with Crippen molar-refractivity contribution in [3.8, 4) is 5.75 Å². The predicted molar refractivity (Wildman–Crippen MR) is 82.6 cm³/mol. The van der Waals surface area contributed by atoms with Crippen LogP contribution in [0.1, 0.15) is 33.2 Å². The van der Waals surface area contributed by atoms with Gasteiger partial charge in [0, 0.05) is 17.5 Å². The van der Waals surface area contributed by atoms with E-state index in [9.17, 15) is 14.0 Å². The van der Waals surface area contributed by atoms with Crippen molar-refractivity contribution < 1.29 is 18.7 Å². The fourth-order valence-electron chi connectivity index (χ4n) is 3.56. The molecule has 4 nitrogen and oxygen atoms in total. The van der Waals surface area contributed by atoms with E-state index in [-0.39, 0.29) is 17.3 Å². The number of anilines is 1. The van der Waals surface area contributed by atoms with Crippen LogP contribution in [0.15, 0.2) is 36.4 Å². The maximum atomic E-state index is 13.5. The van der Waals surface area contributed by atoms with Crippen LogP contribution in [0.2, 0.25) is 0 Å². The molecule has 1 amide bonds. The van der Waals surface area contributed by atoms with Crippen LogP contribution < -0.4 is 9.64 Å². The maximum Gasteiger partial charge on any atom is 0.259 e. The minimum atomic E-state index is -1.01. The summed E-state index contributed by atoms with van der Waals surface area (Å²) in [7, 11) is 1.54. The zero-order valence-corrected chi connectivity index (χ0v) is 12.7. The van der Waals surface area contributed by atoms with Crippen LogP contribution in [0.4, 0.5) is 10.1 Å². The van der Waals surface area contributed by atoms with Crippen LogP contribution in [0.25, 0.3) is 0 Å². The minimum Gasteiger partial charge on any atom is -0.497 e. The number of hydrogen-bond donors (Lipinski definition) is 0. The number of Topliss-reactive ketones (excluding diaryl/α,β-unsaturated/α-hetero) is 1. The first-order chi connectivity index (χ1) is 11.0. The van der Waals surface area contributed by atoms with Crippen LogP contribution in [-0.4, -0.2) is 24.3 Å². The van der Waals surface area contributed by atoms with Crippen molar-refractivity contribution in [1.82, 2.24) is 0 Å². The number of carbonyl (C=O) groups is 2. The highest BCUT2D eigenvalue weighted by Gasteiger charge is 2.53. The van der Waals surface area contributed by atoms with Gasteiger partial charge in [-0.3, -0.25) is 14.5 Å². The molecule has 1 atom stereocenters. The molecule has 2 heterocycles. The number of fused-ring (bicyclic) bond motifs is 4. The summed E-state index contributed by atoms with van der Waals surface area (Å²) in [6.07, 6.45) is 0.396. The molecule has 4 rings (SSSR count). The zero-order valence-electron chi connectivity index (χ0n) is 12.7. The van der Waals surface area contributed by atoms with Gasteiger partial charge in [-0.2, -0.15) is 0 Å². The van der Waals surface area contributed by atoms with Crippen LogP contribution in [0.5, 0.6) is 5.75 Å². The average Bonchev–Trinajstić information content (AvgIpc) is 2.76.